The van der Waals surface area contributed by atoms with Gasteiger partial charge in [-0.25, -0.2) is 0 Å². The van der Waals surface area contributed by atoms with Crippen LogP contribution in [0, 0.1) is 5.41 Å². The second-order valence-corrected chi connectivity index (χ2v) is 6.31. The molecular weight excluding hydrogens is 250 g/mol. The lowest BCUT2D eigenvalue weighted by Crippen LogP contribution is -2.36. The second kappa shape index (κ2) is 8.28. The Balaban J connectivity index is 2.30. The molecule has 0 heterocycles. The van der Waals surface area contributed by atoms with E-state index in [1.807, 2.05) is 12.1 Å². The normalized spacial score (nSPS) is 13.2. The maximum atomic E-state index is 9.02. The average molecular weight is 279 g/mol. The quantitative estimate of drug-likeness (QED) is 0.730. The van der Waals surface area contributed by atoms with Crippen LogP contribution in [0.2, 0.25) is 0 Å². The molecule has 3 nitrogen and oxygen atoms in total. The van der Waals surface area contributed by atoms with E-state index < -0.39 is 0 Å². The molecule has 0 aliphatic rings. The Kier molecular flexibility index (Phi) is 7.03. The van der Waals surface area contributed by atoms with Crippen molar-refractivity contribution in [1.82, 2.24) is 5.32 Å². The molecule has 0 radical (unpaired) electrons. The molecule has 114 valence electrons. The fourth-order valence-electron chi connectivity index (χ4n) is 2.12. The van der Waals surface area contributed by atoms with Crippen LogP contribution >= 0.6 is 0 Å². The zero-order chi connectivity index (χ0) is 15.0. The first-order valence-corrected chi connectivity index (χ1v) is 7.44. The van der Waals surface area contributed by atoms with Gasteiger partial charge in [0.15, 0.2) is 0 Å². The van der Waals surface area contributed by atoms with E-state index in [9.17, 15) is 0 Å². The maximum Gasteiger partial charge on any atom is 0.118 e. The Hall–Kier alpha value is -1.06. The zero-order valence-electron chi connectivity index (χ0n) is 13.3. The lowest BCUT2D eigenvalue weighted by Gasteiger charge is -2.26. The molecule has 0 aliphatic heterocycles. The van der Waals surface area contributed by atoms with Crippen LogP contribution < -0.4 is 10.1 Å². The van der Waals surface area contributed by atoms with Gasteiger partial charge in [0.1, 0.15) is 5.75 Å². The number of aliphatic hydroxyl groups excluding tert-OH is 1. The highest BCUT2D eigenvalue weighted by Gasteiger charge is 2.17. The lowest BCUT2D eigenvalue weighted by molar-refractivity contribution is 0.203. The van der Waals surface area contributed by atoms with E-state index in [0.717, 1.165) is 31.6 Å². The lowest BCUT2D eigenvalue weighted by atomic mass is 9.89. The number of hydrogen-bond acceptors (Lipinski definition) is 3. The number of aryl methyl sites for hydroxylation is 1. The predicted molar refractivity (Wildman–Crippen MR) is 84.3 cm³/mol. The van der Waals surface area contributed by atoms with E-state index in [0.29, 0.717) is 6.04 Å². The molecule has 0 saturated heterocycles. The molecule has 2 N–H and O–H groups in total. The molecule has 0 aliphatic carbocycles. The van der Waals surface area contributed by atoms with Crippen LogP contribution in [-0.2, 0) is 6.42 Å². The van der Waals surface area contributed by atoms with Gasteiger partial charge in [-0.15, -0.1) is 0 Å². The highest BCUT2D eigenvalue weighted by atomic mass is 16.5. The fraction of sp³-hybridized carbons (Fsp3) is 0.647. The molecule has 1 unspecified atom stereocenters. The van der Waals surface area contributed by atoms with Crippen LogP contribution in [0.25, 0.3) is 0 Å². The molecule has 1 aromatic rings. The van der Waals surface area contributed by atoms with Crippen molar-refractivity contribution in [1.29, 1.82) is 0 Å². The van der Waals surface area contributed by atoms with Gasteiger partial charge in [0.2, 0.25) is 0 Å². The highest BCUT2D eigenvalue weighted by molar-refractivity contribution is 5.27. The van der Waals surface area contributed by atoms with Crippen molar-refractivity contribution in [3.8, 4) is 5.75 Å². The number of ether oxygens (including phenoxy) is 1. The second-order valence-electron chi connectivity index (χ2n) is 6.31. The molecule has 0 saturated carbocycles. The summed E-state index contributed by atoms with van der Waals surface area (Å²) in [6.07, 6.45) is 3.02. The van der Waals surface area contributed by atoms with Crippen molar-refractivity contribution in [2.75, 3.05) is 20.3 Å². The topological polar surface area (TPSA) is 41.5 Å². The molecular formula is C17H29NO2. The summed E-state index contributed by atoms with van der Waals surface area (Å²) in [7, 11) is 1.69. The molecule has 0 aromatic heterocycles. The number of benzene rings is 1. The van der Waals surface area contributed by atoms with Gasteiger partial charge in [0.05, 0.1) is 7.11 Å². The summed E-state index contributed by atoms with van der Waals surface area (Å²) in [6.45, 7) is 7.80. The number of methoxy groups -OCH3 is 1. The van der Waals surface area contributed by atoms with Gasteiger partial charge in [0, 0.05) is 19.2 Å². The summed E-state index contributed by atoms with van der Waals surface area (Å²) in [5.41, 5.74) is 1.50. The monoisotopic (exact) mass is 279 g/mol. The molecule has 0 fully saturated rings. The number of aliphatic hydroxyl groups is 1. The summed E-state index contributed by atoms with van der Waals surface area (Å²) in [5, 5.41) is 12.6. The Bertz CT molecular complexity index is 373. The van der Waals surface area contributed by atoms with Crippen molar-refractivity contribution in [2.45, 2.75) is 46.1 Å². The van der Waals surface area contributed by atoms with Crippen molar-refractivity contribution < 1.29 is 9.84 Å². The Morgan fingerprint density at radius 2 is 1.90 bits per heavy atom. The molecule has 3 heteroatoms. The number of rotatable bonds is 9. The van der Waals surface area contributed by atoms with Crippen LogP contribution in [0.1, 0.15) is 39.2 Å². The Labute approximate surface area is 123 Å². The molecule has 20 heavy (non-hydrogen) atoms. The zero-order valence-corrected chi connectivity index (χ0v) is 13.3. The van der Waals surface area contributed by atoms with E-state index >= 15 is 0 Å². The maximum absolute atomic E-state index is 9.02. The third kappa shape index (κ3) is 6.40. The van der Waals surface area contributed by atoms with Crippen LogP contribution in [-0.4, -0.2) is 31.4 Å². The van der Waals surface area contributed by atoms with E-state index in [1.54, 1.807) is 7.11 Å². The summed E-state index contributed by atoms with van der Waals surface area (Å²) in [5.74, 6) is 0.908. The van der Waals surface area contributed by atoms with Gasteiger partial charge in [-0.3, -0.25) is 0 Å². The smallest absolute Gasteiger partial charge is 0.118 e. The fourth-order valence-corrected chi connectivity index (χ4v) is 2.12. The summed E-state index contributed by atoms with van der Waals surface area (Å²) in [4.78, 5) is 0. The van der Waals surface area contributed by atoms with E-state index in [4.69, 9.17) is 9.84 Å². The van der Waals surface area contributed by atoms with Gasteiger partial charge in [0.25, 0.3) is 0 Å². The minimum atomic E-state index is 0.156. The van der Waals surface area contributed by atoms with Crippen molar-refractivity contribution >= 4 is 0 Å². The molecule has 0 bridgehead atoms. The third-order valence-electron chi connectivity index (χ3n) is 3.74. The minimum Gasteiger partial charge on any atom is -0.497 e. The molecule has 0 amide bonds. The number of hydrogen-bond donors (Lipinski definition) is 2. The van der Waals surface area contributed by atoms with Crippen molar-refractivity contribution in [2.24, 2.45) is 5.41 Å². The average Bonchev–Trinajstić information content (AvgIpc) is 2.43. The van der Waals surface area contributed by atoms with Gasteiger partial charge in [-0.1, -0.05) is 26.0 Å². The Morgan fingerprint density at radius 3 is 2.45 bits per heavy atom. The standard InChI is InChI=1S/C17H29NO2/c1-14(18-13-17(2,3)11-12-19)5-6-15-7-9-16(20-4)10-8-15/h7-10,14,18-19H,5-6,11-13H2,1-4H3. The van der Waals surface area contributed by atoms with Crippen LogP contribution in [0.4, 0.5) is 0 Å². The first kappa shape index (κ1) is 17.0. The Morgan fingerprint density at radius 1 is 1.25 bits per heavy atom. The number of nitrogens with one attached hydrogen (secondary N) is 1. The SMILES string of the molecule is COc1ccc(CCC(C)NCC(C)(C)CCO)cc1. The van der Waals surface area contributed by atoms with Gasteiger partial charge < -0.3 is 15.2 Å². The van der Waals surface area contributed by atoms with Gasteiger partial charge in [-0.05, 0) is 49.3 Å². The predicted octanol–water partition coefficient (Wildman–Crippen LogP) is 3.01. The molecule has 1 aromatic carbocycles. The minimum absolute atomic E-state index is 0.156. The third-order valence-corrected chi connectivity index (χ3v) is 3.74. The first-order chi connectivity index (χ1) is 9.46. The van der Waals surface area contributed by atoms with Gasteiger partial charge in [-0.2, -0.15) is 0 Å². The summed E-state index contributed by atoms with van der Waals surface area (Å²) >= 11 is 0. The van der Waals surface area contributed by atoms with Crippen molar-refractivity contribution in [3.63, 3.8) is 0 Å². The van der Waals surface area contributed by atoms with Crippen LogP contribution in [0.5, 0.6) is 5.75 Å². The largest absolute Gasteiger partial charge is 0.497 e. The van der Waals surface area contributed by atoms with Gasteiger partial charge >= 0.3 is 0 Å². The first-order valence-electron chi connectivity index (χ1n) is 7.44. The van der Waals surface area contributed by atoms with E-state index in [2.05, 4.69) is 38.2 Å². The highest BCUT2D eigenvalue weighted by Crippen LogP contribution is 2.19. The van der Waals surface area contributed by atoms with E-state index in [1.165, 1.54) is 5.56 Å². The molecule has 0 spiro atoms. The van der Waals surface area contributed by atoms with Crippen molar-refractivity contribution in [3.05, 3.63) is 29.8 Å². The van der Waals surface area contributed by atoms with Crippen LogP contribution in [0.15, 0.2) is 24.3 Å². The molecule has 1 rings (SSSR count). The molecule has 1 atom stereocenters. The summed E-state index contributed by atoms with van der Waals surface area (Å²) < 4.78 is 5.16. The van der Waals surface area contributed by atoms with E-state index in [-0.39, 0.29) is 12.0 Å². The van der Waals surface area contributed by atoms with Crippen LogP contribution in [0.3, 0.4) is 0 Å². The summed E-state index contributed by atoms with van der Waals surface area (Å²) in [6, 6.07) is 8.76.